The summed E-state index contributed by atoms with van der Waals surface area (Å²) in [6, 6.07) is 14.2. The van der Waals surface area contributed by atoms with Crippen molar-refractivity contribution >= 4 is 29.2 Å². The van der Waals surface area contributed by atoms with Gasteiger partial charge in [0.2, 0.25) is 0 Å². The molecular formula is C18H16ClNO3. The summed E-state index contributed by atoms with van der Waals surface area (Å²) in [5.41, 5.74) is 2.43. The minimum Gasteiger partial charge on any atom is -0.452 e. The van der Waals surface area contributed by atoms with E-state index in [9.17, 15) is 9.59 Å². The van der Waals surface area contributed by atoms with E-state index in [2.05, 4.69) is 0 Å². The van der Waals surface area contributed by atoms with Gasteiger partial charge in [0.25, 0.3) is 5.91 Å². The highest BCUT2D eigenvalue weighted by Crippen LogP contribution is 2.26. The topological polar surface area (TPSA) is 46.6 Å². The summed E-state index contributed by atoms with van der Waals surface area (Å²) >= 11 is 5.78. The number of anilines is 1. The van der Waals surface area contributed by atoms with E-state index < -0.39 is 5.97 Å². The second-order valence-corrected chi connectivity index (χ2v) is 5.80. The van der Waals surface area contributed by atoms with Gasteiger partial charge in [-0.1, -0.05) is 29.8 Å². The van der Waals surface area contributed by atoms with Gasteiger partial charge in [-0.25, -0.2) is 4.79 Å². The highest BCUT2D eigenvalue weighted by molar-refractivity contribution is 6.30. The molecule has 2 aromatic rings. The maximum atomic E-state index is 12.4. The van der Waals surface area contributed by atoms with Crippen LogP contribution in [0.5, 0.6) is 0 Å². The SMILES string of the molecule is O=C(OCC(=O)N1CCCc2ccccc21)c1ccc(Cl)cc1. The molecule has 0 fully saturated rings. The van der Waals surface area contributed by atoms with Crippen molar-refractivity contribution in [3.63, 3.8) is 0 Å². The third-order valence-corrected chi connectivity index (χ3v) is 4.07. The third kappa shape index (κ3) is 3.54. The molecule has 2 aromatic carbocycles. The number of carbonyl (C=O) groups is 2. The first kappa shape index (κ1) is 15.6. The fourth-order valence-electron chi connectivity index (χ4n) is 2.67. The molecule has 0 spiro atoms. The predicted molar refractivity (Wildman–Crippen MR) is 88.9 cm³/mol. The lowest BCUT2D eigenvalue weighted by Gasteiger charge is -2.29. The Morgan fingerprint density at radius 2 is 1.83 bits per heavy atom. The molecule has 23 heavy (non-hydrogen) atoms. The van der Waals surface area contributed by atoms with Crippen molar-refractivity contribution in [1.82, 2.24) is 0 Å². The number of benzene rings is 2. The zero-order valence-electron chi connectivity index (χ0n) is 12.5. The Bertz CT molecular complexity index is 727. The van der Waals surface area contributed by atoms with E-state index in [4.69, 9.17) is 16.3 Å². The molecule has 0 aromatic heterocycles. The molecule has 1 aliphatic heterocycles. The smallest absolute Gasteiger partial charge is 0.338 e. The molecule has 5 heteroatoms. The van der Waals surface area contributed by atoms with Gasteiger partial charge in [0.15, 0.2) is 6.61 Å². The number of amides is 1. The number of ether oxygens (including phenoxy) is 1. The molecule has 0 N–H and O–H groups in total. The van der Waals surface area contributed by atoms with E-state index >= 15 is 0 Å². The lowest BCUT2D eigenvalue weighted by molar-refractivity contribution is -0.121. The molecule has 1 aliphatic rings. The molecule has 118 valence electrons. The van der Waals surface area contributed by atoms with E-state index in [0.29, 0.717) is 17.1 Å². The third-order valence-electron chi connectivity index (χ3n) is 3.82. The van der Waals surface area contributed by atoms with Crippen LogP contribution in [0.1, 0.15) is 22.3 Å². The van der Waals surface area contributed by atoms with Gasteiger partial charge in [0, 0.05) is 17.3 Å². The van der Waals surface area contributed by atoms with Crippen molar-refractivity contribution in [3.8, 4) is 0 Å². The number of esters is 1. The molecule has 0 radical (unpaired) electrons. The second-order valence-electron chi connectivity index (χ2n) is 5.36. The van der Waals surface area contributed by atoms with Crippen LogP contribution in [0.4, 0.5) is 5.69 Å². The molecule has 0 atom stereocenters. The Morgan fingerprint density at radius 1 is 1.09 bits per heavy atom. The van der Waals surface area contributed by atoms with Crippen molar-refractivity contribution in [2.75, 3.05) is 18.1 Å². The van der Waals surface area contributed by atoms with Crippen molar-refractivity contribution in [2.45, 2.75) is 12.8 Å². The van der Waals surface area contributed by atoms with Crippen molar-refractivity contribution in [1.29, 1.82) is 0 Å². The molecule has 0 aliphatic carbocycles. The van der Waals surface area contributed by atoms with Crippen molar-refractivity contribution in [2.24, 2.45) is 0 Å². The summed E-state index contributed by atoms with van der Waals surface area (Å²) in [5.74, 6) is -0.736. The van der Waals surface area contributed by atoms with Crippen LogP contribution in [0, 0.1) is 0 Å². The summed E-state index contributed by atoms with van der Waals surface area (Å²) in [6.45, 7) is 0.379. The normalized spacial score (nSPS) is 13.3. The monoisotopic (exact) mass is 329 g/mol. The lowest BCUT2D eigenvalue weighted by Crippen LogP contribution is -2.38. The van der Waals surface area contributed by atoms with Crippen LogP contribution in [0.2, 0.25) is 5.02 Å². The zero-order chi connectivity index (χ0) is 16.2. The van der Waals surface area contributed by atoms with Gasteiger partial charge in [-0.2, -0.15) is 0 Å². The van der Waals surface area contributed by atoms with E-state index in [0.717, 1.165) is 24.1 Å². The van der Waals surface area contributed by atoms with Crippen LogP contribution in [-0.4, -0.2) is 25.0 Å². The number of rotatable bonds is 3. The van der Waals surface area contributed by atoms with Crippen molar-refractivity contribution in [3.05, 3.63) is 64.7 Å². The fraction of sp³-hybridized carbons (Fsp3) is 0.222. The number of hydrogen-bond acceptors (Lipinski definition) is 3. The van der Waals surface area contributed by atoms with Crippen LogP contribution in [-0.2, 0) is 16.0 Å². The van der Waals surface area contributed by atoms with Crippen LogP contribution in [0.3, 0.4) is 0 Å². The Kier molecular flexibility index (Phi) is 4.63. The number of hydrogen-bond donors (Lipinski definition) is 0. The number of nitrogens with zero attached hydrogens (tertiary/aromatic N) is 1. The molecule has 0 saturated heterocycles. The van der Waals surface area contributed by atoms with Gasteiger partial charge in [0.1, 0.15) is 0 Å². The Balaban J connectivity index is 1.64. The van der Waals surface area contributed by atoms with Crippen molar-refractivity contribution < 1.29 is 14.3 Å². The Morgan fingerprint density at radius 3 is 2.61 bits per heavy atom. The van der Waals surface area contributed by atoms with E-state index in [1.165, 1.54) is 0 Å². The molecule has 0 bridgehead atoms. The van der Waals surface area contributed by atoms with Gasteiger partial charge >= 0.3 is 5.97 Å². The first-order chi connectivity index (χ1) is 11.1. The number of carbonyl (C=O) groups excluding carboxylic acids is 2. The Hall–Kier alpha value is -2.33. The molecule has 4 nitrogen and oxygen atoms in total. The quantitative estimate of drug-likeness (QED) is 0.810. The predicted octanol–water partition coefficient (Wildman–Crippen LogP) is 3.48. The lowest BCUT2D eigenvalue weighted by atomic mass is 10.0. The van der Waals surface area contributed by atoms with Gasteiger partial charge in [0.05, 0.1) is 5.56 Å². The van der Waals surface area contributed by atoms with Crippen LogP contribution in [0.25, 0.3) is 0 Å². The summed E-state index contributed by atoms with van der Waals surface area (Å²) in [4.78, 5) is 26.0. The standard InChI is InChI=1S/C18H16ClNO3/c19-15-9-7-14(8-10-15)18(22)23-12-17(21)20-11-3-5-13-4-1-2-6-16(13)20/h1-2,4,6-10H,3,5,11-12H2. The van der Waals surface area contributed by atoms with Gasteiger partial charge < -0.3 is 9.64 Å². The Labute approximate surface area is 139 Å². The number of para-hydroxylation sites is 1. The minimum atomic E-state index is -0.527. The first-order valence-corrected chi connectivity index (χ1v) is 7.84. The largest absolute Gasteiger partial charge is 0.452 e. The highest BCUT2D eigenvalue weighted by atomic mass is 35.5. The van der Waals surface area contributed by atoms with E-state index in [1.807, 2.05) is 24.3 Å². The van der Waals surface area contributed by atoms with Crippen LogP contribution >= 0.6 is 11.6 Å². The van der Waals surface area contributed by atoms with Gasteiger partial charge in [-0.15, -0.1) is 0 Å². The summed E-state index contributed by atoms with van der Waals surface area (Å²) in [5, 5.41) is 0.544. The number of aryl methyl sites for hydroxylation is 1. The number of fused-ring (bicyclic) bond motifs is 1. The van der Waals surface area contributed by atoms with E-state index in [-0.39, 0.29) is 12.5 Å². The zero-order valence-corrected chi connectivity index (χ0v) is 13.3. The molecule has 1 amide bonds. The maximum Gasteiger partial charge on any atom is 0.338 e. The number of halogens is 1. The summed E-state index contributed by atoms with van der Waals surface area (Å²) in [6.07, 6.45) is 1.87. The average molecular weight is 330 g/mol. The molecule has 3 rings (SSSR count). The summed E-state index contributed by atoms with van der Waals surface area (Å²) < 4.78 is 5.12. The van der Waals surface area contributed by atoms with Crippen LogP contribution in [0.15, 0.2) is 48.5 Å². The first-order valence-electron chi connectivity index (χ1n) is 7.46. The summed E-state index contributed by atoms with van der Waals surface area (Å²) in [7, 11) is 0. The maximum absolute atomic E-state index is 12.4. The van der Waals surface area contributed by atoms with Crippen LogP contribution < -0.4 is 4.90 Å². The second kappa shape index (κ2) is 6.84. The van der Waals surface area contributed by atoms with Gasteiger partial charge in [-0.3, -0.25) is 4.79 Å². The van der Waals surface area contributed by atoms with Gasteiger partial charge in [-0.05, 0) is 48.7 Å². The molecule has 0 saturated carbocycles. The molecule has 0 unspecified atom stereocenters. The minimum absolute atomic E-state index is 0.209. The fourth-order valence-corrected chi connectivity index (χ4v) is 2.79. The molecular weight excluding hydrogens is 314 g/mol. The molecule has 1 heterocycles. The average Bonchev–Trinajstić information content (AvgIpc) is 2.59. The highest BCUT2D eigenvalue weighted by Gasteiger charge is 2.23. The van der Waals surface area contributed by atoms with E-state index in [1.54, 1.807) is 29.2 Å².